The van der Waals surface area contributed by atoms with E-state index in [-0.39, 0.29) is 17.9 Å². The number of hydrogen-bond donors (Lipinski definition) is 1. The molecule has 2 rings (SSSR count). The minimum Gasteiger partial charge on any atom is -0.352 e. The van der Waals surface area contributed by atoms with Crippen molar-refractivity contribution in [1.29, 1.82) is 0 Å². The number of amides is 2. The summed E-state index contributed by atoms with van der Waals surface area (Å²) in [5.74, 6) is 0.974. The average molecular weight is 506 g/mol. The predicted molar refractivity (Wildman–Crippen MR) is 134 cm³/mol. The van der Waals surface area contributed by atoms with Gasteiger partial charge in [-0.15, -0.1) is 11.8 Å². The first-order valence-electron chi connectivity index (χ1n) is 10.7. The Morgan fingerprint density at radius 3 is 2.23 bits per heavy atom. The van der Waals surface area contributed by atoms with Crippen LogP contribution in [0.1, 0.15) is 49.4 Å². The summed E-state index contributed by atoms with van der Waals surface area (Å²) in [5, 5.41) is 3.01. The molecule has 1 N–H and O–H groups in total. The van der Waals surface area contributed by atoms with Crippen molar-refractivity contribution in [2.24, 2.45) is 0 Å². The van der Waals surface area contributed by atoms with Crippen LogP contribution >= 0.6 is 27.7 Å². The molecule has 0 heterocycles. The number of carbonyl (C=O) groups is 2. The van der Waals surface area contributed by atoms with Gasteiger partial charge in [0, 0.05) is 22.8 Å². The number of nitrogens with one attached hydrogen (secondary N) is 1. The van der Waals surface area contributed by atoms with Crippen LogP contribution in [0.25, 0.3) is 0 Å². The summed E-state index contributed by atoms with van der Waals surface area (Å²) in [6.45, 7) is 10.4. The summed E-state index contributed by atoms with van der Waals surface area (Å²) in [6, 6.07) is 13.9. The number of thioether (sulfide) groups is 1. The Bertz CT molecular complexity index is 865. The Hall–Kier alpha value is -1.79. The lowest BCUT2D eigenvalue weighted by Crippen LogP contribution is -2.50. The summed E-state index contributed by atoms with van der Waals surface area (Å²) in [7, 11) is 0. The number of aryl methyl sites for hydroxylation is 2. The van der Waals surface area contributed by atoms with Crippen LogP contribution in [0.4, 0.5) is 0 Å². The Kier molecular flexibility index (Phi) is 10.1. The average Bonchev–Trinajstić information content (AvgIpc) is 2.71. The van der Waals surface area contributed by atoms with Gasteiger partial charge in [-0.1, -0.05) is 64.3 Å². The molecule has 2 atom stereocenters. The third kappa shape index (κ3) is 8.34. The number of halogens is 1. The minimum absolute atomic E-state index is 0.0240. The first kappa shape index (κ1) is 25.5. The van der Waals surface area contributed by atoms with Crippen LogP contribution < -0.4 is 5.32 Å². The normalized spacial score (nSPS) is 12.8. The van der Waals surface area contributed by atoms with Gasteiger partial charge in [-0.3, -0.25) is 9.59 Å². The van der Waals surface area contributed by atoms with E-state index in [0.29, 0.717) is 12.3 Å². The lowest BCUT2D eigenvalue weighted by molar-refractivity contribution is -0.138. The molecule has 2 aromatic carbocycles. The number of benzene rings is 2. The molecule has 168 valence electrons. The number of nitrogens with zero attached hydrogens (tertiary/aromatic N) is 1. The maximum atomic E-state index is 13.2. The highest BCUT2D eigenvalue weighted by Gasteiger charge is 2.26. The molecule has 0 aromatic heterocycles. The van der Waals surface area contributed by atoms with Gasteiger partial charge in [-0.2, -0.15) is 0 Å². The van der Waals surface area contributed by atoms with Crippen molar-refractivity contribution in [1.82, 2.24) is 10.2 Å². The molecule has 2 aromatic rings. The molecule has 0 saturated carbocycles. The Balaban J connectivity index is 2.08. The largest absolute Gasteiger partial charge is 0.352 e. The molecule has 0 spiro atoms. The van der Waals surface area contributed by atoms with Crippen LogP contribution in [0, 0.1) is 13.8 Å². The Labute approximate surface area is 199 Å². The number of carbonyl (C=O) groups excluding carboxylic acids is 2. The maximum absolute atomic E-state index is 13.2. The highest BCUT2D eigenvalue weighted by atomic mass is 79.9. The van der Waals surface area contributed by atoms with Gasteiger partial charge in [0.15, 0.2) is 0 Å². The lowest BCUT2D eigenvalue weighted by atomic mass is 10.1. The van der Waals surface area contributed by atoms with Crippen LogP contribution in [-0.4, -0.2) is 34.6 Å². The second kappa shape index (κ2) is 12.3. The molecule has 0 aliphatic heterocycles. The quantitative estimate of drug-likeness (QED) is 0.455. The molecular formula is C25H33BrN2O2S. The zero-order valence-corrected chi connectivity index (χ0v) is 21.5. The van der Waals surface area contributed by atoms with E-state index in [2.05, 4.69) is 53.3 Å². The monoisotopic (exact) mass is 504 g/mol. The molecule has 0 aliphatic rings. The number of hydrogen-bond acceptors (Lipinski definition) is 3. The first-order chi connectivity index (χ1) is 14.7. The lowest BCUT2D eigenvalue weighted by Gasteiger charge is -2.29. The van der Waals surface area contributed by atoms with Crippen molar-refractivity contribution >= 4 is 39.5 Å². The van der Waals surface area contributed by atoms with Gasteiger partial charge in [0.2, 0.25) is 11.8 Å². The van der Waals surface area contributed by atoms with E-state index >= 15 is 0 Å². The van der Waals surface area contributed by atoms with Crippen molar-refractivity contribution in [2.75, 3.05) is 5.75 Å². The zero-order chi connectivity index (χ0) is 23.0. The van der Waals surface area contributed by atoms with Crippen LogP contribution in [0.15, 0.2) is 46.9 Å². The summed E-state index contributed by atoms with van der Waals surface area (Å²) in [4.78, 5) is 27.6. The third-order valence-electron chi connectivity index (χ3n) is 5.21. The van der Waals surface area contributed by atoms with Gasteiger partial charge >= 0.3 is 0 Å². The van der Waals surface area contributed by atoms with Gasteiger partial charge in [0.05, 0.1) is 5.75 Å². The van der Waals surface area contributed by atoms with Crippen LogP contribution in [0.5, 0.6) is 0 Å². The smallest absolute Gasteiger partial charge is 0.242 e. The molecular weight excluding hydrogens is 472 g/mol. The molecule has 0 bridgehead atoms. The van der Waals surface area contributed by atoms with Crippen molar-refractivity contribution < 1.29 is 9.59 Å². The van der Waals surface area contributed by atoms with E-state index in [9.17, 15) is 9.59 Å². The molecule has 4 nitrogen and oxygen atoms in total. The highest BCUT2D eigenvalue weighted by Crippen LogP contribution is 2.19. The highest BCUT2D eigenvalue weighted by molar-refractivity contribution is 9.10. The van der Waals surface area contributed by atoms with Gasteiger partial charge in [0.1, 0.15) is 6.04 Å². The predicted octanol–water partition coefficient (Wildman–Crippen LogP) is 5.63. The van der Waals surface area contributed by atoms with E-state index in [1.165, 1.54) is 16.7 Å². The fraction of sp³-hybridized carbons (Fsp3) is 0.440. The van der Waals surface area contributed by atoms with Crippen LogP contribution in [0.3, 0.4) is 0 Å². The molecule has 2 amide bonds. The second-order valence-corrected chi connectivity index (χ2v) is 10.0. The molecule has 0 aliphatic carbocycles. The summed E-state index contributed by atoms with van der Waals surface area (Å²) >= 11 is 5.04. The summed E-state index contributed by atoms with van der Waals surface area (Å²) < 4.78 is 0.987. The zero-order valence-electron chi connectivity index (χ0n) is 19.1. The van der Waals surface area contributed by atoms with E-state index in [4.69, 9.17) is 0 Å². The standard InChI is InChI=1S/C25H33BrN2O2S/c1-6-19(4)27-25(30)20(5)28(14-21-7-9-23(26)10-8-21)24(29)16-31-15-22-12-17(2)11-18(3)13-22/h7-13,19-20H,6,14-16H2,1-5H3,(H,27,30)/t19-,20+/m0/s1. The van der Waals surface area contributed by atoms with Gasteiger partial charge in [0.25, 0.3) is 0 Å². The SMILES string of the molecule is CC[C@H](C)NC(=O)[C@@H](C)N(Cc1ccc(Br)cc1)C(=O)CSCc1cc(C)cc(C)c1. The molecule has 0 saturated heterocycles. The fourth-order valence-electron chi connectivity index (χ4n) is 3.33. The van der Waals surface area contributed by atoms with Gasteiger partial charge in [-0.05, 0) is 57.4 Å². The number of rotatable bonds is 10. The van der Waals surface area contributed by atoms with Crippen molar-refractivity contribution in [2.45, 2.75) is 65.4 Å². The van der Waals surface area contributed by atoms with Crippen LogP contribution in [-0.2, 0) is 21.9 Å². The van der Waals surface area contributed by atoms with Crippen molar-refractivity contribution in [3.63, 3.8) is 0 Å². The van der Waals surface area contributed by atoms with E-state index < -0.39 is 6.04 Å². The van der Waals surface area contributed by atoms with Gasteiger partial charge < -0.3 is 10.2 Å². The third-order valence-corrected chi connectivity index (χ3v) is 6.73. The first-order valence-corrected chi connectivity index (χ1v) is 12.6. The molecule has 0 radical (unpaired) electrons. The maximum Gasteiger partial charge on any atom is 0.242 e. The topological polar surface area (TPSA) is 49.4 Å². The molecule has 0 fully saturated rings. The molecule has 31 heavy (non-hydrogen) atoms. The second-order valence-electron chi connectivity index (χ2n) is 8.13. The van der Waals surface area contributed by atoms with E-state index in [1.54, 1.807) is 16.7 Å². The Morgan fingerprint density at radius 2 is 1.65 bits per heavy atom. The molecule has 0 unspecified atom stereocenters. The fourth-order valence-corrected chi connectivity index (χ4v) is 4.44. The van der Waals surface area contributed by atoms with E-state index in [0.717, 1.165) is 22.2 Å². The summed E-state index contributed by atoms with van der Waals surface area (Å²) in [6.07, 6.45) is 0.852. The summed E-state index contributed by atoms with van der Waals surface area (Å²) in [5.41, 5.74) is 4.68. The van der Waals surface area contributed by atoms with Crippen molar-refractivity contribution in [3.8, 4) is 0 Å². The van der Waals surface area contributed by atoms with Gasteiger partial charge in [-0.25, -0.2) is 0 Å². The Morgan fingerprint density at radius 1 is 1.03 bits per heavy atom. The van der Waals surface area contributed by atoms with E-state index in [1.807, 2.05) is 45.0 Å². The van der Waals surface area contributed by atoms with Crippen molar-refractivity contribution in [3.05, 3.63) is 69.2 Å². The van der Waals surface area contributed by atoms with Crippen LogP contribution in [0.2, 0.25) is 0 Å². The minimum atomic E-state index is -0.535. The molecule has 6 heteroatoms.